The Morgan fingerprint density at radius 2 is 1.89 bits per heavy atom. The van der Waals surface area contributed by atoms with Crippen molar-refractivity contribution in [2.75, 3.05) is 13.2 Å². The lowest BCUT2D eigenvalue weighted by Crippen LogP contribution is -2.35. The molecule has 0 heterocycles. The van der Waals surface area contributed by atoms with E-state index in [0.717, 1.165) is 16.9 Å². The molecule has 0 aromatic heterocycles. The molecular formula is C15H23NO3. The van der Waals surface area contributed by atoms with Crippen LogP contribution >= 0.6 is 0 Å². The van der Waals surface area contributed by atoms with Gasteiger partial charge in [0.05, 0.1) is 6.10 Å². The van der Waals surface area contributed by atoms with E-state index in [9.17, 15) is 9.90 Å². The Balaban J connectivity index is 2.51. The fraction of sp³-hybridized carbons (Fsp3) is 0.533. The summed E-state index contributed by atoms with van der Waals surface area (Å²) in [6.45, 7) is 8.07. The van der Waals surface area contributed by atoms with Crippen molar-refractivity contribution in [3.05, 3.63) is 28.8 Å². The number of nitrogens with one attached hydrogen (secondary N) is 1. The Hall–Kier alpha value is -1.55. The van der Waals surface area contributed by atoms with Gasteiger partial charge < -0.3 is 15.2 Å². The molecule has 1 amide bonds. The van der Waals surface area contributed by atoms with Crippen LogP contribution in [-0.2, 0) is 4.79 Å². The lowest BCUT2D eigenvalue weighted by molar-refractivity contribution is -0.123. The predicted octanol–water partition coefficient (Wildman–Crippen LogP) is 1.88. The summed E-state index contributed by atoms with van der Waals surface area (Å²) in [5, 5.41) is 12.0. The molecule has 1 aromatic rings. The maximum Gasteiger partial charge on any atom is 0.258 e. The van der Waals surface area contributed by atoms with Gasteiger partial charge in [-0.3, -0.25) is 4.79 Å². The largest absolute Gasteiger partial charge is 0.483 e. The Morgan fingerprint density at radius 1 is 1.32 bits per heavy atom. The van der Waals surface area contributed by atoms with Crippen molar-refractivity contribution in [1.29, 1.82) is 0 Å². The molecule has 4 nitrogen and oxygen atoms in total. The first-order valence-electron chi connectivity index (χ1n) is 6.59. The lowest BCUT2D eigenvalue weighted by Gasteiger charge is -2.14. The second-order valence-electron chi connectivity index (χ2n) is 4.88. The summed E-state index contributed by atoms with van der Waals surface area (Å²) in [4.78, 5) is 11.6. The first kappa shape index (κ1) is 15.5. The van der Waals surface area contributed by atoms with Gasteiger partial charge in [0.1, 0.15) is 5.75 Å². The Bertz CT molecular complexity index is 420. The molecule has 0 radical (unpaired) electrons. The Labute approximate surface area is 114 Å². The number of rotatable bonds is 6. The summed E-state index contributed by atoms with van der Waals surface area (Å²) in [5.74, 6) is 0.545. The van der Waals surface area contributed by atoms with Gasteiger partial charge in [-0.2, -0.15) is 0 Å². The number of carbonyl (C=O) groups excluding carboxylic acids is 1. The second-order valence-corrected chi connectivity index (χ2v) is 4.88. The highest BCUT2D eigenvalue weighted by atomic mass is 16.5. The number of hydrogen-bond donors (Lipinski definition) is 2. The summed E-state index contributed by atoms with van der Waals surface area (Å²) in [5.41, 5.74) is 3.23. The molecule has 0 fully saturated rings. The van der Waals surface area contributed by atoms with Gasteiger partial charge in [-0.05, 0) is 38.3 Å². The molecule has 1 atom stereocenters. The van der Waals surface area contributed by atoms with Gasteiger partial charge in [0.2, 0.25) is 0 Å². The topological polar surface area (TPSA) is 58.6 Å². The normalized spacial score (nSPS) is 12.1. The second kappa shape index (κ2) is 7.14. The summed E-state index contributed by atoms with van der Waals surface area (Å²) in [7, 11) is 0. The standard InChI is InChI=1S/C15H23NO3/c1-5-13(17)8-16-14(18)9-19-15-11(3)6-10(2)7-12(15)4/h6-7,13,17H,5,8-9H2,1-4H3,(H,16,18). The van der Waals surface area contributed by atoms with E-state index in [1.807, 2.05) is 39.8 Å². The van der Waals surface area contributed by atoms with E-state index in [4.69, 9.17) is 4.74 Å². The molecule has 0 bridgehead atoms. The molecule has 1 rings (SSSR count). The average molecular weight is 265 g/mol. The molecule has 106 valence electrons. The number of aliphatic hydroxyl groups is 1. The summed E-state index contributed by atoms with van der Waals surface area (Å²) in [6, 6.07) is 4.06. The first-order chi connectivity index (χ1) is 8.93. The Morgan fingerprint density at radius 3 is 2.42 bits per heavy atom. The highest BCUT2D eigenvalue weighted by molar-refractivity contribution is 5.77. The van der Waals surface area contributed by atoms with Crippen LogP contribution in [0.4, 0.5) is 0 Å². The van der Waals surface area contributed by atoms with Crippen LogP contribution in [0.5, 0.6) is 5.75 Å². The van der Waals surface area contributed by atoms with E-state index >= 15 is 0 Å². The maximum absolute atomic E-state index is 11.6. The van der Waals surface area contributed by atoms with E-state index in [1.165, 1.54) is 5.56 Å². The fourth-order valence-electron chi connectivity index (χ4n) is 1.96. The minimum Gasteiger partial charge on any atom is -0.483 e. The highest BCUT2D eigenvalue weighted by Crippen LogP contribution is 2.24. The molecular weight excluding hydrogens is 242 g/mol. The van der Waals surface area contributed by atoms with Crippen molar-refractivity contribution in [2.45, 2.75) is 40.2 Å². The van der Waals surface area contributed by atoms with Crippen LogP contribution in [-0.4, -0.2) is 30.3 Å². The number of aryl methyl sites for hydroxylation is 3. The number of ether oxygens (including phenoxy) is 1. The SMILES string of the molecule is CCC(O)CNC(=O)COc1c(C)cc(C)cc1C. The smallest absolute Gasteiger partial charge is 0.258 e. The number of carbonyl (C=O) groups is 1. The van der Waals surface area contributed by atoms with Gasteiger partial charge >= 0.3 is 0 Å². The molecule has 0 aliphatic carbocycles. The van der Waals surface area contributed by atoms with Gasteiger partial charge in [0, 0.05) is 6.54 Å². The van der Waals surface area contributed by atoms with Crippen LogP contribution in [0.3, 0.4) is 0 Å². The summed E-state index contributed by atoms with van der Waals surface area (Å²) >= 11 is 0. The number of aliphatic hydroxyl groups excluding tert-OH is 1. The van der Waals surface area contributed by atoms with Gasteiger partial charge in [-0.1, -0.05) is 24.6 Å². The van der Waals surface area contributed by atoms with Crippen LogP contribution in [0, 0.1) is 20.8 Å². The average Bonchev–Trinajstić information content (AvgIpc) is 2.34. The molecule has 19 heavy (non-hydrogen) atoms. The molecule has 0 aliphatic rings. The lowest BCUT2D eigenvalue weighted by atomic mass is 10.1. The van der Waals surface area contributed by atoms with E-state index in [1.54, 1.807) is 0 Å². The third-order valence-corrected chi connectivity index (χ3v) is 2.96. The van der Waals surface area contributed by atoms with Crippen molar-refractivity contribution < 1.29 is 14.6 Å². The van der Waals surface area contributed by atoms with E-state index in [2.05, 4.69) is 5.32 Å². The Kier molecular flexibility index (Phi) is 5.83. The zero-order valence-electron chi connectivity index (χ0n) is 12.1. The highest BCUT2D eigenvalue weighted by Gasteiger charge is 2.09. The van der Waals surface area contributed by atoms with Crippen molar-refractivity contribution in [1.82, 2.24) is 5.32 Å². The summed E-state index contributed by atoms with van der Waals surface area (Å²) < 4.78 is 5.56. The molecule has 2 N–H and O–H groups in total. The molecule has 0 saturated heterocycles. The first-order valence-corrected chi connectivity index (χ1v) is 6.59. The number of hydrogen-bond acceptors (Lipinski definition) is 3. The third-order valence-electron chi connectivity index (χ3n) is 2.96. The number of benzene rings is 1. The minimum absolute atomic E-state index is 0.0266. The van der Waals surface area contributed by atoms with Crippen LogP contribution in [0.1, 0.15) is 30.0 Å². The van der Waals surface area contributed by atoms with Crippen LogP contribution < -0.4 is 10.1 Å². The monoisotopic (exact) mass is 265 g/mol. The minimum atomic E-state index is -0.494. The fourth-order valence-corrected chi connectivity index (χ4v) is 1.96. The summed E-state index contributed by atoms with van der Waals surface area (Å²) in [6.07, 6.45) is 0.129. The van der Waals surface area contributed by atoms with Crippen LogP contribution in [0.25, 0.3) is 0 Å². The van der Waals surface area contributed by atoms with Crippen molar-refractivity contribution in [3.8, 4) is 5.75 Å². The van der Waals surface area contributed by atoms with Gasteiger partial charge in [-0.25, -0.2) is 0 Å². The quantitative estimate of drug-likeness (QED) is 0.825. The van der Waals surface area contributed by atoms with Crippen molar-refractivity contribution in [2.24, 2.45) is 0 Å². The molecule has 0 saturated carbocycles. The van der Waals surface area contributed by atoms with Crippen LogP contribution in [0.15, 0.2) is 12.1 Å². The van der Waals surface area contributed by atoms with Gasteiger partial charge in [0.25, 0.3) is 5.91 Å². The molecule has 4 heteroatoms. The van der Waals surface area contributed by atoms with Crippen molar-refractivity contribution in [3.63, 3.8) is 0 Å². The van der Waals surface area contributed by atoms with Gasteiger partial charge in [0.15, 0.2) is 6.61 Å². The predicted molar refractivity (Wildman–Crippen MR) is 75.5 cm³/mol. The van der Waals surface area contributed by atoms with E-state index < -0.39 is 6.10 Å². The molecule has 0 spiro atoms. The van der Waals surface area contributed by atoms with Crippen LogP contribution in [0.2, 0.25) is 0 Å². The molecule has 0 aliphatic heterocycles. The zero-order valence-corrected chi connectivity index (χ0v) is 12.1. The third kappa shape index (κ3) is 4.91. The maximum atomic E-state index is 11.6. The number of amides is 1. The molecule has 1 aromatic carbocycles. The van der Waals surface area contributed by atoms with Gasteiger partial charge in [-0.15, -0.1) is 0 Å². The van der Waals surface area contributed by atoms with E-state index in [-0.39, 0.29) is 19.1 Å². The van der Waals surface area contributed by atoms with Crippen molar-refractivity contribution >= 4 is 5.91 Å². The van der Waals surface area contributed by atoms with E-state index in [0.29, 0.717) is 6.42 Å². The zero-order chi connectivity index (χ0) is 14.4. The molecule has 1 unspecified atom stereocenters.